The quantitative estimate of drug-likeness (QED) is 0.415. The Bertz CT molecular complexity index is 1360. The Morgan fingerprint density at radius 1 is 1.03 bits per heavy atom. The van der Waals surface area contributed by atoms with E-state index in [1.54, 1.807) is 17.4 Å². The maximum absolute atomic E-state index is 12.3. The van der Waals surface area contributed by atoms with Crippen molar-refractivity contribution in [2.45, 2.75) is 27.3 Å². The van der Waals surface area contributed by atoms with Crippen LogP contribution in [0.25, 0.3) is 21.1 Å². The van der Waals surface area contributed by atoms with E-state index < -0.39 is 0 Å². The Labute approximate surface area is 202 Å². The summed E-state index contributed by atoms with van der Waals surface area (Å²) in [6.07, 6.45) is 0. The number of carbonyl (C=O) groups excluding carboxylic acids is 1. The highest BCUT2D eigenvalue weighted by molar-refractivity contribution is 7.18. The van der Waals surface area contributed by atoms with Gasteiger partial charge in [0.05, 0.1) is 17.1 Å². The van der Waals surface area contributed by atoms with E-state index in [0.717, 1.165) is 32.3 Å². The molecule has 1 N–H and O–H groups in total. The molecule has 0 radical (unpaired) electrons. The first-order chi connectivity index (χ1) is 16.4. The number of aryl methyl sites for hydroxylation is 2. The molecule has 0 saturated carbocycles. The Kier molecular flexibility index (Phi) is 7.18. The molecular weight excluding hydrogens is 448 g/mol. The average molecular weight is 475 g/mol. The fourth-order valence-corrected chi connectivity index (χ4v) is 4.48. The third-order valence-corrected chi connectivity index (χ3v) is 6.71. The summed E-state index contributed by atoms with van der Waals surface area (Å²) < 4.78 is 7.00. The summed E-state index contributed by atoms with van der Waals surface area (Å²) in [5.41, 5.74) is 4.47. The molecule has 2 heterocycles. The standard InChI is InChI=1S/C26H26N4O3S/c1-17-8-7-11-22(18(17)2)33-16-23(31)27-14-15-30-24(32)13-12-21(29-30)25-19(3)28-26(34-25)20-9-5-4-6-10-20/h4-13H,14-16H2,1-3H3,(H,27,31). The Balaban J connectivity index is 1.38. The fourth-order valence-electron chi connectivity index (χ4n) is 3.44. The zero-order valence-electron chi connectivity index (χ0n) is 19.4. The molecule has 34 heavy (non-hydrogen) atoms. The summed E-state index contributed by atoms with van der Waals surface area (Å²) in [5, 5.41) is 8.21. The van der Waals surface area contributed by atoms with E-state index >= 15 is 0 Å². The molecule has 0 atom stereocenters. The van der Waals surface area contributed by atoms with Crippen LogP contribution in [0.2, 0.25) is 0 Å². The lowest BCUT2D eigenvalue weighted by Gasteiger charge is -2.11. The summed E-state index contributed by atoms with van der Waals surface area (Å²) in [6, 6.07) is 18.9. The number of thiazole rings is 1. The molecule has 0 unspecified atom stereocenters. The molecule has 0 aliphatic rings. The predicted octanol–water partition coefficient (Wildman–Crippen LogP) is 4.15. The van der Waals surface area contributed by atoms with E-state index in [1.807, 2.05) is 69.3 Å². The molecule has 0 bridgehead atoms. The molecule has 174 valence electrons. The monoisotopic (exact) mass is 474 g/mol. The van der Waals surface area contributed by atoms with Gasteiger partial charge in [0, 0.05) is 18.2 Å². The Morgan fingerprint density at radius 2 is 1.82 bits per heavy atom. The highest BCUT2D eigenvalue weighted by Crippen LogP contribution is 2.33. The van der Waals surface area contributed by atoms with Gasteiger partial charge in [0.2, 0.25) is 0 Å². The van der Waals surface area contributed by atoms with Crippen LogP contribution in [0.5, 0.6) is 5.75 Å². The summed E-state index contributed by atoms with van der Waals surface area (Å²) in [6.45, 7) is 6.33. The van der Waals surface area contributed by atoms with Gasteiger partial charge in [0.25, 0.3) is 11.5 Å². The van der Waals surface area contributed by atoms with Crippen molar-refractivity contribution in [3.8, 4) is 26.9 Å². The first-order valence-corrected chi connectivity index (χ1v) is 11.8. The molecule has 1 amide bonds. The molecule has 0 saturated heterocycles. The molecule has 4 rings (SSSR count). The molecule has 0 aliphatic heterocycles. The van der Waals surface area contributed by atoms with E-state index in [0.29, 0.717) is 11.4 Å². The van der Waals surface area contributed by atoms with Crippen molar-refractivity contribution >= 4 is 17.2 Å². The van der Waals surface area contributed by atoms with Crippen LogP contribution >= 0.6 is 11.3 Å². The second kappa shape index (κ2) is 10.4. The van der Waals surface area contributed by atoms with Crippen molar-refractivity contribution in [2.75, 3.05) is 13.2 Å². The van der Waals surface area contributed by atoms with Gasteiger partial charge in [-0.2, -0.15) is 5.10 Å². The SMILES string of the molecule is Cc1cccc(OCC(=O)NCCn2nc(-c3sc(-c4ccccc4)nc3C)ccc2=O)c1C. The molecule has 7 nitrogen and oxygen atoms in total. The van der Waals surface area contributed by atoms with Gasteiger partial charge in [-0.15, -0.1) is 11.3 Å². The van der Waals surface area contributed by atoms with Gasteiger partial charge >= 0.3 is 0 Å². The minimum Gasteiger partial charge on any atom is -0.483 e. The first-order valence-electron chi connectivity index (χ1n) is 11.0. The minimum atomic E-state index is -0.254. The second-order valence-corrected chi connectivity index (χ2v) is 8.92. The van der Waals surface area contributed by atoms with E-state index in [4.69, 9.17) is 4.74 Å². The third-order valence-electron chi connectivity index (χ3n) is 5.48. The molecule has 4 aromatic rings. The Morgan fingerprint density at radius 3 is 2.62 bits per heavy atom. The predicted molar refractivity (Wildman–Crippen MR) is 134 cm³/mol. The van der Waals surface area contributed by atoms with Crippen molar-refractivity contribution in [1.29, 1.82) is 0 Å². The van der Waals surface area contributed by atoms with Crippen LogP contribution in [-0.4, -0.2) is 33.8 Å². The zero-order valence-corrected chi connectivity index (χ0v) is 20.2. The molecule has 8 heteroatoms. The van der Waals surface area contributed by atoms with Crippen molar-refractivity contribution in [3.63, 3.8) is 0 Å². The van der Waals surface area contributed by atoms with Crippen molar-refractivity contribution in [2.24, 2.45) is 0 Å². The fraction of sp³-hybridized carbons (Fsp3) is 0.231. The van der Waals surface area contributed by atoms with Gasteiger partial charge in [-0.3, -0.25) is 9.59 Å². The molecule has 2 aromatic heterocycles. The van der Waals surface area contributed by atoms with Crippen LogP contribution in [-0.2, 0) is 11.3 Å². The van der Waals surface area contributed by atoms with E-state index in [1.165, 1.54) is 10.7 Å². The maximum Gasteiger partial charge on any atom is 0.266 e. The van der Waals surface area contributed by atoms with Crippen molar-refractivity contribution in [1.82, 2.24) is 20.1 Å². The van der Waals surface area contributed by atoms with Gasteiger partial charge in [-0.25, -0.2) is 9.67 Å². The van der Waals surface area contributed by atoms with Crippen LogP contribution < -0.4 is 15.6 Å². The number of nitrogens with zero attached hydrogens (tertiary/aromatic N) is 3. The third kappa shape index (κ3) is 5.40. The summed E-state index contributed by atoms with van der Waals surface area (Å²) in [4.78, 5) is 30.1. The van der Waals surface area contributed by atoms with E-state index in [9.17, 15) is 9.59 Å². The summed E-state index contributed by atoms with van der Waals surface area (Å²) in [7, 11) is 0. The van der Waals surface area contributed by atoms with Crippen molar-refractivity contribution < 1.29 is 9.53 Å². The van der Waals surface area contributed by atoms with E-state index in [2.05, 4.69) is 15.4 Å². The molecule has 2 aromatic carbocycles. The highest BCUT2D eigenvalue weighted by Gasteiger charge is 2.14. The smallest absolute Gasteiger partial charge is 0.266 e. The highest BCUT2D eigenvalue weighted by atomic mass is 32.1. The van der Waals surface area contributed by atoms with Gasteiger partial charge in [0.1, 0.15) is 16.5 Å². The van der Waals surface area contributed by atoms with E-state index in [-0.39, 0.29) is 31.2 Å². The number of benzene rings is 2. The molecule has 0 fully saturated rings. The lowest BCUT2D eigenvalue weighted by Crippen LogP contribution is -2.34. The van der Waals surface area contributed by atoms with Crippen LogP contribution in [0.3, 0.4) is 0 Å². The largest absolute Gasteiger partial charge is 0.483 e. The number of rotatable bonds is 8. The number of hydrogen-bond donors (Lipinski definition) is 1. The molecule has 0 spiro atoms. The lowest BCUT2D eigenvalue weighted by atomic mass is 10.1. The number of carbonyl (C=O) groups is 1. The minimum absolute atomic E-state index is 0.0883. The number of amides is 1. The van der Waals surface area contributed by atoms with Gasteiger partial charge < -0.3 is 10.1 Å². The second-order valence-electron chi connectivity index (χ2n) is 7.92. The topological polar surface area (TPSA) is 86.1 Å². The zero-order chi connectivity index (χ0) is 24.1. The van der Waals surface area contributed by atoms with Gasteiger partial charge in [0.15, 0.2) is 6.61 Å². The van der Waals surface area contributed by atoms with Crippen LogP contribution in [0.15, 0.2) is 65.5 Å². The van der Waals surface area contributed by atoms with Crippen LogP contribution in [0.4, 0.5) is 0 Å². The van der Waals surface area contributed by atoms with Crippen LogP contribution in [0, 0.1) is 20.8 Å². The number of ether oxygens (including phenoxy) is 1. The number of nitrogens with one attached hydrogen (secondary N) is 1. The summed E-state index contributed by atoms with van der Waals surface area (Å²) >= 11 is 1.54. The molecular formula is C26H26N4O3S. The number of aromatic nitrogens is 3. The van der Waals surface area contributed by atoms with Crippen LogP contribution in [0.1, 0.15) is 16.8 Å². The average Bonchev–Trinajstić information content (AvgIpc) is 3.23. The lowest BCUT2D eigenvalue weighted by molar-refractivity contribution is -0.123. The van der Waals surface area contributed by atoms with Gasteiger partial charge in [-0.05, 0) is 44.0 Å². The normalized spacial score (nSPS) is 10.8. The first kappa shape index (κ1) is 23.4. The van der Waals surface area contributed by atoms with Gasteiger partial charge in [-0.1, -0.05) is 42.5 Å². The Hall–Kier alpha value is -3.78. The molecule has 0 aliphatic carbocycles. The number of hydrogen-bond acceptors (Lipinski definition) is 6. The maximum atomic E-state index is 12.3. The van der Waals surface area contributed by atoms with Crippen molar-refractivity contribution in [3.05, 3.63) is 87.8 Å². The summed E-state index contributed by atoms with van der Waals surface area (Å²) in [5.74, 6) is 0.437.